The molecule has 0 fully saturated rings. The monoisotopic (exact) mass is 277 g/mol. The number of aromatic carboxylic acids is 1. The first-order chi connectivity index (χ1) is 9.10. The van der Waals surface area contributed by atoms with E-state index >= 15 is 0 Å². The highest BCUT2D eigenvalue weighted by Gasteiger charge is 2.09. The average Bonchev–Trinajstić information content (AvgIpc) is 2.87. The van der Waals surface area contributed by atoms with Gasteiger partial charge in [0.2, 0.25) is 0 Å². The molecular formula is C14H15NO3S. The fraction of sp³-hybridized carbons (Fsp3) is 0.214. The maximum absolute atomic E-state index is 10.8. The van der Waals surface area contributed by atoms with Gasteiger partial charge in [-0.1, -0.05) is 6.07 Å². The fourth-order valence-electron chi connectivity index (χ4n) is 1.75. The number of carbonyl (C=O) groups is 1. The lowest BCUT2D eigenvalue weighted by molar-refractivity contribution is 0.0702. The fourth-order valence-corrected chi connectivity index (χ4v) is 2.65. The van der Waals surface area contributed by atoms with Gasteiger partial charge in [0.1, 0.15) is 10.6 Å². The van der Waals surface area contributed by atoms with Crippen molar-refractivity contribution in [2.45, 2.75) is 6.54 Å². The molecule has 4 nitrogen and oxygen atoms in total. The Balaban J connectivity index is 2.10. The summed E-state index contributed by atoms with van der Waals surface area (Å²) in [6.07, 6.45) is 0. The van der Waals surface area contributed by atoms with E-state index in [9.17, 15) is 4.79 Å². The van der Waals surface area contributed by atoms with E-state index < -0.39 is 5.97 Å². The third-order valence-corrected chi connectivity index (χ3v) is 3.82. The Morgan fingerprint density at radius 3 is 2.79 bits per heavy atom. The van der Waals surface area contributed by atoms with Crippen LogP contribution in [0.2, 0.25) is 0 Å². The Labute approximate surface area is 115 Å². The largest absolute Gasteiger partial charge is 0.497 e. The normalized spacial score (nSPS) is 10.2. The van der Waals surface area contributed by atoms with Crippen LogP contribution >= 0.6 is 11.3 Å². The molecule has 0 atom stereocenters. The average molecular weight is 277 g/mol. The SMILES string of the molecule is COc1cccc(N(C)Cc2ccc(C(=O)O)s2)c1. The van der Waals surface area contributed by atoms with Gasteiger partial charge >= 0.3 is 5.97 Å². The summed E-state index contributed by atoms with van der Waals surface area (Å²) in [5, 5.41) is 8.90. The number of carboxylic acids is 1. The maximum atomic E-state index is 10.8. The van der Waals surface area contributed by atoms with Crippen LogP contribution in [0.25, 0.3) is 0 Å². The predicted octanol–water partition coefficient (Wildman–Crippen LogP) is 3.09. The highest BCUT2D eigenvalue weighted by atomic mass is 32.1. The summed E-state index contributed by atoms with van der Waals surface area (Å²) in [5.41, 5.74) is 1.03. The summed E-state index contributed by atoms with van der Waals surface area (Å²) in [6, 6.07) is 11.3. The molecule has 0 unspecified atom stereocenters. The third kappa shape index (κ3) is 3.26. The number of hydrogen-bond donors (Lipinski definition) is 1. The van der Waals surface area contributed by atoms with Crippen molar-refractivity contribution >= 4 is 23.0 Å². The lowest BCUT2D eigenvalue weighted by Crippen LogP contribution is -2.15. The number of methoxy groups -OCH3 is 1. The molecule has 2 aromatic rings. The predicted molar refractivity (Wildman–Crippen MR) is 76.4 cm³/mol. The van der Waals surface area contributed by atoms with Crippen LogP contribution in [-0.2, 0) is 6.54 Å². The van der Waals surface area contributed by atoms with Crippen LogP contribution in [0.1, 0.15) is 14.5 Å². The molecule has 0 spiro atoms. The van der Waals surface area contributed by atoms with Crippen LogP contribution in [-0.4, -0.2) is 25.2 Å². The second-order valence-electron chi connectivity index (χ2n) is 4.13. The number of nitrogens with zero attached hydrogens (tertiary/aromatic N) is 1. The van der Waals surface area contributed by atoms with Crippen molar-refractivity contribution in [1.82, 2.24) is 0 Å². The molecule has 19 heavy (non-hydrogen) atoms. The molecule has 0 radical (unpaired) electrons. The summed E-state index contributed by atoms with van der Waals surface area (Å²) >= 11 is 1.30. The summed E-state index contributed by atoms with van der Waals surface area (Å²) in [7, 11) is 3.60. The Morgan fingerprint density at radius 2 is 2.16 bits per heavy atom. The molecule has 2 rings (SSSR count). The molecule has 0 aliphatic rings. The third-order valence-electron chi connectivity index (χ3n) is 2.76. The topological polar surface area (TPSA) is 49.8 Å². The molecular weight excluding hydrogens is 262 g/mol. The van der Waals surface area contributed by atoms with Gasteiger partial charge in [0.05, 0.1) is 13.7 Å². The van der Waals surface area contributed by atoms with Crippen molar-refractivity contribution < 1.29 is 14.6 Å². The van der Waals surface area contributed by atoms with Gasteiger partial charge in [0, 0.05) is 23.7 Å². The highest BCUT2D eigenvalue weighted by molar-refractivity contribution is 7.13. The Morgan fingerprint density at radius 1 is 1.37 bits per heavy atom. The van der Waals surface area contributed by atoms with Gasteiger partial charge in [-0.3, -0.25) is 0 Å². The number of carboxylic acid groups (broad SMARTS) is 1. The smallest absolute Gasteiger partial charge is 0.345 e. The van der Waals surface area contributed by atoms with Crippen LogP contribution < -0.4 is 9.64 Å². The van der Waals surface area contributed by atoms with Gasteiger partial charge in [-0.15, -0.1) is 11.3 Å². The number of rotatable bonds is 5. The molecule has 0 bridgehead atoms. The Kier molecular flexibility index (Phi) is 4.06. The van der Waals surface area contributed by atoms with E-state index in [1.165, 1.54) is 11.3 Å². The van der Waals surface area contributed by atoms with Gasteiger partial charge in [0.25, 0.3) is 0 Å². The zero-order valence-corrected chi connectivity index (χ0v) is 11.6. The first-order valence-electron chi connectivity index (χ1n) is 5.77. The summed E-state index contributed by atoms with van der Waals surface area (Å²) in [6.45, 7) is 0.672. The lowest BCUT2D eigenvalue weighted by atomic mass is 10.2. The van der Waals surface area contributed by atoms with Gasteiger partial charge in [-0.25, -0.2) is 4.79 Å². The standard InChI is InChI=1S/C14H15NO3S/c1-15(10-4-3-5-11(8-10)18-2)9-12-6-7-13(19-12)14(16)17/h3-8H,9H2,1-2H3,(H,16,17). The van der Waals surface area contributed by atoms with E-state index in [2.05, 4.69) is 4.90 Å². The summed E-state index contributed by atoms with van der Waals surface area (Å²) in [4.78, 5) is 14.3. The first kappa shape index (κ1) is 13.4. The van der Waals surface area contributed by atoms with Crippen molar-refractivity contribution in [1.29, 1.82) is 0 Å². The van der Waals surface area contributed by atoms with Crippen molar-refractivity contribution in [2.24, 2.45) is 0 Å². The molecule has 0 saturated carbocycles. The van der Waals surface area contributed by atoms with Crippen molar-refractivity contribution in [3.05, 3.63) is 46.2 Å². The van der Waals surface area contributed by atoms with Gasteiger partial charge in [-0.2, -0.15) is 0 Å². The molecule has 1 aromatic heterocycles. The number of benzene rings is 1. The second kappa shape index (κ2) is 5.75. The van der Waals surface area contributed by atoms with Gasteiger partial charge in [-0.05, 0) is 24.3 Å². The quantitative estimate of drug-likeness (QED) is 0.912. The van der Waals surface area contributed by atoms with Gasteiger partial charge < -0.3 is 14.7 Å². The molecule has 0 saturated heterocycles. The molecule has 100 valence electrons. The van der Waals surface area contributed by atoms with E-state index in [4.69, 9.17) is 9.84 Å². The van der Waals surface area contributed by atoms with E-state index in [1.54, 1.807) is 13.2 Å². The number of thiophene rings is 1. The Bertz CT molecular complexity index is 580. The van der Waals surface area contributed by atoms with E-state index in [0.717, 1.165) is 16.3 Å². The number of ether oxygens (including phenoxy) is 1. The van der Waals surface area contributed by atoms with E-state index in [0.29, 0.717) is 11.4 Å². The zero-order chi connectivity index (χ0) is 13.8. The van der Waals surface area contributed by atoms with Crippen molar-refractivity contribution in [3.63, 3.8) is 0 Å². The highest BCUT2D eigenvalue weighted by Crippen LogP contribution is 2.24. The first-order valence-corrected chi connectivity index (χ1v) is 6.59. The van der Waals surface area contributed by atoms with Crippen LogP contribution in [0, 0.1) is 0 Å². The van der Waals surface area contributed by atoms with Crippen molar-refractivity contribution in [3.8, 4) is 5.75 Å². The van der Waals surface area contributed by atoms with Crippen LogP contribution in [0.3, 0.4) is 0 Å². The second-order valence-corrected chi connectivity index (χ2v) is 5.30. The zero-order valence-electron chi connectivity index (χ0n) is 10.8. The van der Waals surface area contributed by atoms with E-state index in [1.807, 2.05) is 37.4 Å². The molecule has 0 aliphatic heterocycles. The molecule has 0 amide bonds. The van der Waals surface area contributed by atoms with Gasteiger partial charge in [0.15, 0.2) is 0 Å². The van der Waals surface area contributed by atoms with Crippen LogP contribution in [0.5, 0.6) is 5.75 Å². The summed E-state index contributed by atoms with van der Waals surface area (Å²) < 4.78 is 5.19. The van der Waals surface area contributed by atoms with Crippen LogP contribution in [0.4, 0.5) is 5.69 Å². The minimum Gasteiger partial charge on any atom is -0.497 e. The number of anilines is 1. The number of hydrogen-bond acceptors (Lipinski definition) is 4. The van der Waals surface area contributed by atoms with Crippen molar-refractivity contribution in [2.75, 3.05) is 19.1 Å². The summed E-state index contributed by atoms with van der Waals surface area (Å²) in [5.74, 6) is -0.0676. The molecule has 1 heterocycles. The molecule has 0 aliphatic carbocycles. The van der Waals surface area contributed by atoms with E-state index in [-0.39, 0.29) is 0 Å². The maximum Gasteiger partial charge on any atom is 0.345 e. The molecule has 5 heteroatoms. The van der Waals surface area contributed by atoms with Crippen LogP contribution in [0.15, 0.2) is 36.4 Å². The molecule has 1 aromatic carbocycles. The minimum absolute atomic E-state index is 0.369. The minimum atomic E-state index is -0.875. The Hall–Kier alpha value is -2.01. The lowest BCUT2D eigenvalue weighted by Gasteiger charge is -2.18. The molecule has 1 N–H and O–H groups in total.